The van der Waals surface area contributed by atoms with E-state index in [2.05, 4.69) is 10.6 Å². The van der Waals surface area contributed by atoms with Crippen LogP contribution in [0.5, 0.6) is 0 Å². The number of anilines is 1. The minimum atomic E-state index is -0.236. The zero-order chi connectivity index (χ0) is 13.0. The molecular formula is C14H16N2O2. The molecule has 0 unspecified atom stereocenters. The van der Waals surface area contributed by atoms with Crippen molar-refractivity contribution in [3.05, 3.63) is 53.5 Å². The van der Waals surface area contributed by atoms with Crippen molar-refractivity contribution in [2.75, 3.05) is 5.32 Å². The molecule has 0 saturated carbocycles. The molecule has 0 saturated heterocycles. The van der Waals surface area contributed by atoms with Crippen molar-refractivity contribution >= 4 is 11.7 Å². The lowest BCUT2D eigenvalue weighted by Crippen LogP contribution is -2.28. The molecule has 0 aliphatic carbocycles. The number of carbonyl (C=O) groups excluding carboxylic acids is 1. The predicted octanol–water partition coefficient (Wildman–Crippen LogP) is 3.22. The normalized spacial score (nSPS) is 10.1. The van der Waals surface area contributed by atoms with Crippen LogP contribution in [0.4, 0.5) is 10.5 Å². The van der Waals surface area contributed by atoms with Crippen LogP contribution in [0.25, 0.3) is 0 Å². The third kappa shape index (κ3) is 2.91. The number of furan rings is 1. The standard InChI is InChI=1S/C14H16N2O2/c1-10-5-3-7-13(11(10)2)16-14(17)15-9-12-6-4-8-18-12/h3-8H,9H2,1-2H3,(H2,15,16,17). The Morgan fingerprint density at radius 2 is 2.06 bits per heavy atom. The first-order valence-corrected chi connectivity index (χ1v) is 5.80. The highest BCUT2D eigenvalue weighted by atomic mass is 16.3. The highest BCUT2D eigenvalue weighted by Crippen LogP contribution is 2.17. The largest absolute Gasteiger partial charge is 0.467 e. The smallest absolute Gasteiger partial charge is 0.319 e. The van der Waals surface area contributed by atoms with Gasteiger partial charge in [-0.25, -0.2) is 4.79 Å². The van der Waals surface area contributed by atoms with E-state index in [0.29, 0.717) is 6.54 Å². The molecule has 2 aromatic rings. The van der Waals surface area contributed by atoms with Crippen LogP contribution in [-0.2, 0) is 6.54 Å². The minimum absolute atomic E-state index is 0.236. The van der Waals surface area contributed by atoms with E-state index in [0.717, 1.165) is 22.6 Å². The Morgan fingerprint density at radius 1 is 1.22 bits per heavy atom. The molecule has 1 aromatic heterocycles. The second kappa shape index (κ2) is 5.40. The molecule has 0 fully saturated rings. The Morgan fingerprint density at radius 3 is 2.78 bits per heavy atom. The molecule has 4 nitrogen and oxygen atoms in total. The van der Waals surface area contributed by atoms with E-state index in [1.54, 1.807) is 12.3 Å². The van der Waals surface area contributed by atoms with Gasteiger partial charge < -0.3 is 15.1 Å². The zero-order valence-electron chi connectivity index (χ0n) is 10.5. The summed E-state index contributed by atoms with van der Waals surface area (Å²) in [5.74, 6) is 0.728. The van der Waals surface area contributed by atoms with Gasteiger partial charge in [0.25, 0.3) is 0 Å². The van der Waals surface area contributed by atoms with Gasteiger partial charge in [-0.3, -0.25) is 0 Å². The third-order valence-electron chi connectivity index (χ3n) is 2.86. The van der Waals surface area contributed by atoms with Gasteiger partial charge in [-0.1, -0.05) is 12.1 Å². The molecule has 2 N–H and O–H groups in total. The van der Waals surface area contributed by atoms with Crippen molar-refractivity contribution in [3.8, 4) is 0 Å². The quantitative estimate of drug-likeness (QED) is 0.871. The second-order valence-corrected chi connectivity index (χ2v) is 4.13. The summed E-state index contributed by atoms with van der Waals surface area (Å²) in [5.41, 5.74) is 3.05. The molecule has 0 radical (unpaired) electrons. The maximum Gasteiger partial charge on any atom is 0.319 e. The van der Waals surface area contributed by atoms with Crippen LogP contribution in [0.1, 0.15) is 16.9 Å². The average molecular weight is 244 g/mol. The number of rotatable bonds is 3. The number of aryl methyl sites for hydroxylation is 1. The van der Waals surface area contributed by atoms with Crippen LogP contribution in [-0.4, -0.2) is 6.03 Å². The Bertz CT molecular complexity index is 533. The first-order valence-electron chi connectivity index (χ1n) is 5.80. The van der Waals surface area contributed by atoms with Crippen molar-refractivity contribution in [3.63, 3.8) is 0 Å². The molecule has 2 rings (SSSR count). The molecule has 4 heteroatoms. The fraction of sp³-hybridized carbons (Fsp3) is 0.214. The van der Waals surface area contributed by atoms with Crippen molar-refractivity contribution in [1.82, 2.24) is 5.32 Å². The summed E-state index contributed by atoms with van der Waals surface area (Å²) in [6.07, 6.45) is 1.58. The highest BCUT2D eigenvalue weighted by Gasteiger charge is 2.05. The second-order valence-electron chi connectivity index (χ2n) is 4.13. The number of hydrogen-bond donors (Lipinski definition) is 2. The molecule has 0 aliphatic heterocycles. The van der Waals surface area contributed by atoms with Gasteiger partial charge in [-0.2, -0.15) is 0 Å². The van der Waals surface area contributed by atoms with E-state index in [9.17, 15) is 4.79 Å². The molecule has 0 spiro atoms. The lowest BCUT2D eigenvalue weighted by atomic mass is 10.1. The molecule has 2 amide bonds. The number of hydrogen-bond acceptors (Lipinski definition) is 2. The van der Waals surface area contributed by atoms with E-state index in [1.807, 2.05) is 38.1 Å². The summed E-state index contributed by atoms with van der Waals surface area (Å²) in [4.78, 5) is 11.7. The Kier molecular flexibility index (Phi) is 3.67. The lowest BCUT2D eigenvalue weighted by Gasteiger charge is -2.10. The number of benzene rings is 1. The SMILES string of the molecule is Cc1cccc(NC(=O)NCc2ccco2)c1C. The van der Waals surface area contributed by atoms with Gasteiger partial charge in [0.1, 0.15) is 5.76 Å². The Balaban J connectivity index is 1.93. The molecule has 18 heavy (non-hydrogen) atoms. The van der Waals surface area contributed by atoms with Crippen LogP contribution in [0.15, 0.2) is 41.0 Å². The summed E-state index contributed by atoms with van der Waals surface area (Å²) in [5, 5.41) is 5.56. The van der Waals surface area contributed by atoms with Gasteiger partial charge in [0.2, 0.25) is 0 Å². The summed E-state index contributed by atoms with van der Waals surface area (Å²) in [7, 11) is 0. The summed E-state index contributed by atoms with van der Waals surface area (Å²) >= 11 is 0. The van der Waals surface area contributed by atoms with Crippen LogP contribution < -0.4 is 10.6 Å². The van der Waals surface area contributed by atoms with E-state index >= 15 is 0 Å². The molecule has 1 heterocycles. The molecule has 0 aliphatic rings. The Labute approximate surface area is 106 Å². The molecule has 0 atom stereocenters. The highest BCUT2D eigenvalue weighted by molar-refractivity contribution is 5.90. The zero-order valence-corrected chi connectivity index (χ0v) is 10.5. The Hall–Kier alpha value is -2.23. The number of urea groups is 1. The van der Waals surface area contributed by atoms with E-state index < -0.39 is 0 Å². The molecule has 1 aromatic carbocycles. The maximum absolute atomic E-state index is 11.7. The summed E-state index contributed by atoms with van der Waals surface area (Å²) < 4.78 is 5.13. The van der Waals surface area contributed by atoms with Crippen LogP contribution in [0, 0.1) is 13.8 Å². The minimum Gasteiger partial charge on any atom is -0.467 e. The van der Waals surface area contributed by atoms with Crippen molar-refractivity contribution in [1.29, 1.82) is 0 Å². The fourth-order valence-corrected chi connectivity index (χ4v) is 1.63. The van der Waals surface area contributed by atoms with Gasteiger partial charge in [0, 0.05) is 5.69 Å². The van der Waals surface area contributed by atoms with Gasteiger partial charge in [-0.15, -0.1) is 0 Å². The van der Waals surface area contributed by atoms with Crippen LogP contribution in [0.2, 0.25) is 0 Å². The van der Waals surface area contributed by atoms with Gasteiger partial charge in [0.05, 0.1) is 12.8 Å². The van der Waals surface area contributed by atoms with Gasteiger partial charge >= 0.3 is 6.03 Å². The average Bonchev–Trinajstić information content (AvgIpc) is 2.86. The first-order chi connectivity index (χ1) is 8.66. The maximum atomic E-state index is 11.7. The van der Waals surface area contributed by atoms with Gasteiger partial charge in [-0.05, 0) is 43.2 Å². The fourth-order valence-electron chi connectivity index (χ4n) is 1.63. The van der Waals surface area contributed by atoms with E-state index in [4.69, 9.17) is 4.42 Å². The number of nitrogens with one attached hydrogen (secondary N) is 2. The van der Waals surface area contributed by atoms with E-state index in [1.165, 1.54) is 0 Å². The topological polar surface area (TPSA) is 54.3 Å². The monoisotopic (exact) mass is 244 g/mol. The number of amides is 2. The van der Waals surface area contributed by atoms with Crippen molar-refractivity contribution in [2.24, 2.45) is 0 Å². The van der Waals surface area contributed by atoms with E-state index in [-0.39, 0.29) is 6.03 Å². The van der Waals surface area contributed by atoms with Gasteiger partial charge in [0.15, 0.2) is 0 Å². The molecule has 94 valence electrons. The van der Waals surface area contributed by atoms with Crippen LogP contribution >= 0.6 is 0 Å². The summed E-state index contributed by atoms with van der Waals surface area (Å²) in [6.45, 7) is 4.38. The van der Waals surface area contributed by atoms with Crippen molar-refractivity contribution < 1.29 is 9.21 Å². The lowest BCUT2D eigenvalue weighted by molar-refractivity contribution is 0.251. The van der Waals surface area contributed by atoms with Crippen LogP contribution in [0.3, 0.4) is 0 Å². The molecule has 0 bridgehead atoms. The third-order valence-corrected chi connectivity index (χ3v) is 2.86. The predicted molar refractivity (Wildman–Crippen MR) is 70.5 cm³/mol. The first kappa shape index (κ1) is 12.2. The molecular weight excluding hydrogens is 228 g/mol. The number of carbonyl (C=O) groups is 1. The van der Waals surface area contributed by atoms with Crippen molar-refractivity contribution in [2.45, 2.75) is 20.4 Å². The summed E-state index contributed by atoms with van der Waals surface area (Å²) in [6, 6.07) is 9.19.